The van der Waals surface area contributed by atoms with Gasteiger partial charge in [-0.1, -0.05) is 54.6 Å². The number of hydrogen-bond donors (Lipinski definition) is 2. The fourth-order valence-corrected chi connectivity index (χ4v) is 4.44. The van der Waals surface area contributed by atoms with E-state index in [1.54, 1.807) is 6.08 Å². The van der Waals surface area contributed by atoms with E-state index in [4.69, 9.17) is 10.5 Å². The third-order valence-corrected chi connectivity index (χ3v) is 6.38. The molecule has 0 bridgehead atoms. The molecular formula is C22H17N3O3S2. The lowest BCUT2D eigenvalue weighted by Gasteiger charge is -2.14. The number of nitrogens with two attached hydrogens (primary N) is 1. The molecule has 6 nitrogen and oxygen atoms in total. The van der Waals surface area contributed by atoms with Crippen LogP contribution in [0.2, 0.25) is 0 Å². The average Bonchev–Trinajstić information content (AvgIpc) is 3.01. The molecule has 0 aromatic heterocycles. The summed E-state index contributed by atoms with van der Waals surface area (Å²) in [6, 6.07) is 23.4. The van der Waals surface area contributed by atoms with E-state index in [1.165, 1.54) is 29.2 Å². The predicted octanol–water partition coefficient (Wildman–Crippen LogP) is 4.06. The normalized spacial score (nSPS) is 15.8. The molecule has 150 valence electrons. The summed E-state index contributed by atoms with van der Waals surface area (Å²) >= 11 is 1.06. The maximum atomic E-state index is 12.8. The van der Waals surface area contributed by atoms with Crippen molar-refractivity contribution < 1.29 is 13.2 Å². The lowest BCUT2D eigenvalue weighted by atomic mass is 10.0. The van der Waals surface area contributed by atoms with E-state index < -0.39 is 10.0 Å². The van der Waals surface area contributed by atoms with Crippen molar-refractivity contribution in [3.8, 4) is 11.1 Å². The number of primary sulfonamides is 1. The SMILES string of the molecule is N=C1S/C(=C\c2ccc(-c3ccccc3)cc2)C(=O)N1c1ccc(S(N)(=O)=O)cc1. The van der Waals surface area contributed by atoms with E-state index >= 15 is 0 Å². The molecule has 30 heavy (non-hydrogen) atoms. The third kappa shape index (κ3) is 4.06. The van der Waals surface area contributed by atoms with Crippen LogP contribution in [-0.2, 0) is 14.8 Å². The largest absolute Gasteiger partial charge is 0.278 e. The van der Waals surface area contributed by atoms with Gasteiger partial charge in [0.05, 0.1) is 15.5 Å². The molecular weight excluding hydrogens is 418 g/mol. The minimum absolute atomic E-state index is 0.0497. The van der Waals surface area contributed by atoms with E-state index in [-0.39, 0.29) is 16.0 Å². The highest BCUT2D eigenvalue weighted by Gasteiger charge is 2.33. The lowest BCUT2D eigenvalue weighted by molar-refractivity contribution is -0.113. The number of benzene rings is 3. The van der Waals surface area contributed by atoms with Crippen LogP contribution in [0.4, 0.5) is 5.69 Å². The Bertz CT molecular complexity index is 1250. The maximum Gasteiger partial charge on any atom is 0.271 e. The van der Waals surface area contributed by atoms with Gasteiger partial charge < -0.3 is 0 Å². The van der Waals surface area contributed by atoms with Gasteiger partial charge in [-0.3, -0.25) is 15.1 Å². The highest BCUT2D eigenvalue weighted by atomic mass is 32.2. The lowest BCUT2D eigenvalue weighted by Crippen LogP contribution is -2.28. The third-order valence-electron chi connectivity index (χ3n) is 4.56. The summed E-state index contributed by atoms with van der Waals surface area (Å²) in [5.74, 6) is -0.333. The molecule has 1 fully saturated rings. The second kappa shape index (κ2) is 7.91. The molecule has 0 unspecified atom stereocenters. The summed E-state index contributed by atoms with van der Waals surface area (Å²) in [4.78, 5) is 14.5. The number of thioether (sulfide) groups is 1. The van der Waals surface area contributed by atoms with Crippen molar-refractivity contribution in [3.05, 3.63) is 89.3 Å². The molecule has 1 amide bonds. The summed E-state index contributed by atoms with van der Waals surface area (Å²) in [7, 11) is -3.82. The number of sulfonamides is 1. The molecule has 0 atom stereocenters. The highest BCUT2D eigenvalue weighted by Crippen LogP contribution is 2.35. The van der Waals surface area contributed by atoms with E-state index in [2.05, 4.69) is 0 Å². The summed E-state index contributed by atoms with van der Waals surface area (Å²) in [6.45, 7) is 0. The number of hydrogen-bond acceptors (Lipinski definition) is 5. The number of carbonyl (C=O) groups is 1. The van der Waals surface area contributed by atoms with Crippen molar-refractivity contribution in [2.24, 2.45) is 5.14 Å². The smallest absolute Gasteiger partial charge is 0.271 e. The number of amidine groups is 1. The average molecular weight is 436 g/mol. The molecule has 0 spiro atoms. The number of anilines is 1. The molecule has 1 aliphatic heterocycles. The topological polar surface area (TPSA) is 104 Å². The quantitative estimate of drug-likeness (QED) is 0.603. The van der Waals surface area contributed by atoms with Crippen LogP contribution in [0.1, 0.15) is 5.56 Å². The molecule has 3 aromatic rings. The molecule has 1 heterocycles. The van der Waals surface area contributed by atoms with E-state index in [0.29, 0.717) is 10.6 Å². The Kier molecular flexibility index (Phi) is 5.29. The molecule has 3 aromatic carbocycles. The summed E-state index contributed by atoms with van der Waals surface area (Å²) in [5.41, 5.74) is 3.45. The fourth-order valence-electron chi connectivity index (χ4n) is 3.06. The van der Waals surface area contributed by atoms with Crippen molar-refractivity contribution in [2.45, 2.75) is 4.90 Å². The highest BCUT2D eigenvalue weighted by molar-refractivity contribution is 8.19. The van der Waals surface area contributed by atoms with E-state index in [1.807, 2.05) is 54.6 Å². The first-order valence-electron chi connectivity index (χ1n) is 8.94. The van der Waals surface area contributed by atoms with Crippen LogP contribution in [0.5, 0.6) is 0 Å². The van der Waals surface area contributed by atoms with Gasteiger partial charge in [-0.25, -0.2) is 13.6 Å². The van der Waals surface area contributed by atoms with Crippen LogP contribution < -0.4 is 10.0 Å². The van der Waals surface area contributed by atoms with Crippen LogP contribution in [0.25, 0.3) is 17.2 Å². The first-order chi connectivity index (χ1) is 14.3. The number of rotatable bonds is 4. The Morgan fingerprint density at radius 2 is 1.47 bits per heavy atom. The minimum atomic E-state index is -3.82. The predicted molar refractivity (Wildman–Crippen MR) is 120 cm³/mol. The standard InChI is InChI=1S/C22H17N3O3S2/c23-22-25(18-10-12-19(13-11-18)30(24,27)28)21(26)20(29-22)14-15-6-8-17(9-7-15)16-4-2-1-3-5-16/h1-14,23H,(H2,24,27,28)/b20-14-,23-22?. The number of carbonyl (C=O) groups excluding carboxylic acids is 1. The van der Waals surface area contributed by atoms with Crippen LogP contribution >= 0.6 is 11.8 Å². The Morgan fingerprint density at radius 1 is 0.867 bits per heavy atom. The second-order valence-electron chi connectivity index (χ2n) is 6.58. The van der Waals surface area contributed by atoms with Gasteiger partial charge >= 0.3 is 0 Å². The number of nitrogens with one attached hydrogen (secondary N) is 1. The molecule has 3 N–H and O–H groups in total. The minimum Gasteiger partial charge on any atom is -0.278 e. The van der Waals surface area contributed by atoms with Crippen molar-refractivity contribution in [1.82, 2.24) is 0 Å². The summed E-state index contributed by atoms with van der Waals surface area (Å²) in [5, 5.41) is 13.3. The number of nitrogens with zero attached hydrogens (tertiary/aromatic N) is 1. The van der Waals surface area contributed by atoms with Gasteiger partial charge in [0.15, 0.2) is 5.17 Å². The molecule has 0 aliphatic carbocycles. The van der Waals surface area contributed by atoms with Crippen molar-refractivity contribution in [2.75, 3.05) is 4.90 Å². The maximum absolute atomic E-state index is 12.8. The van der Waals surface area contributed by atoms with Gasteiger partial charge in [0.2, 0.25) is 10.0 Å². The zero-order chi connectivity index (χ0) is 21.3. The van der Waals surface area contributed by atoms with Crippen LogP contribution in [-0.4, -0.2) is 19.5 Å². The van der Waals surface area contributed by atoms with Crippen molar-refractivity contribution in [3.63, 3.8) is 0 Å². The molecule has 1 saturated heterocycles. The van der Waals surface area contributed by atoms with E-state index in [9.17, 15) is 13.2 Å². The second-order valence-corrected chi connectivity index (χ2v) is 9.18. The van der Waals surface area contributed by atoms with Gasteiger partial charge in [0.25, 0.3) is 5.91 Å². The Balaban J connectivity index is 1.57. The van der Waals surface area contributed by atoms with E-state index in [0.717, 1.165) is 28.5 Å². The van der Waals surface area contributed by atoms with Gasteiger partial charge in [0, 0.05) is 0 Å². The molecule has 8 heteroatoms. The van der Waals surface area contributed by atoms with Gasteiger partial charge in [-0.15, -0.1) is 0 Å². The molecule has 0 saturated carbocycles. The molecule has 1 aliphatic rings. The van der Waals surface area contributed by atoms with Crippen LogP contribution in [0.3, 0.4) is 0 Å². The Hall–Kier alpha value is -3.20. The first-order valence-corrected chi connectivity index (χ1v) is 11.3. The van der Waals surface area contributed by atoms with Gasteiger partial charge in [-0.2, -0.15) is 0 Å². The fraction of sp³-hybridized carbons (Fsp3) is 0. The van der Waals surface area contributed by atoms with Crippen molar-refractivity contribution in [1.29, 1.82) is 5.41 Å². The summed E-state index contributed by atoms with van der Waals surface area (Å²) in [6.07, 6.45) is 1.75. The van der Waals surface area contributed by atoms with Crippen LogP contribution in [0, 0.1) is 5.41 Å². The number of amides is 1. The molecule has 4 rings (SSSR count). The monoisotopic (exact) mass is 435 g/mol. The first kappa shape index (κ1) is 20.1. The zero-order valence-electron chi connectivity index (χ0n) is 15.6. The Labute approximate surface area is 178 Å². The zero-order valence-corrected chi connectivity index (χ0v) is 17.3. The van der Waals surface area contributed by atoms with Crippen molar-refractivity contribution >= 4 is 44.6 Å². The van der Waals surface area contributed by atoms with Gasteiger partial charge in [0.1, 0.15) is 0 Å². The molecule has 0 radical (unpaired) electrons. The van der Waals surface area contributed by atoms with Crippen LogP contribution in [0.15, 0.2) is 88.7 Å². The summed E-state index contributed by atoms with van der Waals surface area (Å²) < 4.78 is 22.8. The van der Waals surface area contributed by atoms with Gasteiger partial charge in [-0.05, 0) is 58.8 Å². The Morgan fingerprint density at radius 3 is 2.07 bits per heavy atom.